The van der Waals surface area contributed by atoms with Gasteiger partial charge in [0.05, 0.1) is 0 Å². The highest BCUT2D eigenvalue weighted by Crippen LogP contribution is 2.23. The molecule has 0 saturated carbocycles. The van der Waals surface area contributed by atoms with E-state index in [1.165, 1.54) is 10.3 Å². The van der Waals surface area contributed by atoms with Crippen molar-refractivity contribution in [3.8, 4) is 0 Å². The second-order valence-electron chi connectivity index (χ2n) is 2.39. The molecule has 0 N–H and O–H groups in total. The third-order valence-electron chi connectivity index (χ3n) is 1.47. The quantitative estimate of drug-likeness (QED) is 0.531. The molecule has 2 heterocycles. The van der Waals surface area contributed by atoms with E-state index in [4.69, 9.17) is 0 Å². The molecule has 2 aromatic heterocycles. The number of aromatic nitrogens is 1. The Bertz CT molecular complexity index is 394. The minimum absolute atomic E-state index is 1.07. The summed E-state index contributed by atoms with van der Waals surface area (Å²) in [6.07, 6.45) is 0. The smallest absolute Gasteiger partial charge is 0.124 e. The van der Waals surface area contributed by atoms with Gasteiger partial charge in [0.2, 0.25) is 0 Å². The van der Waals surface area contributed by atoms with Crippen LogP contribution in [0, 0.1) is 10.6 Å². The molecule has 0 amide bonds. The molecule has 0 bridgehead atoms. The zero-order valence-electron chi connectivity index (χ0n) is 5.97. The maximum atomic E-state index is 4.40. The Morgan fingerprint density at radius 1 is 1.45 bits per heavy atom. The van der Waals surface area contributed by atoms with Crippen LogP contribution in [0.1, 0.15) is 4.88 Å². The lowest BCUT2D eigenvalue weighted by Gasteiger charge is -1.87. The largest absolute Gasteiger partial charge is 0.231 e. The van der Waals surface area contributed by atoms with Crippen molar-refractivity contribution in [3.05, 3.63) is 26.8 Å². The van der Waals surface area contributed by atoms with Gasteiger partial charge in [0.1, 0.15) is 8.53 Å². The van der Waals surface area contributed by atoms with E-state index in [0.717, 1.165) is 8.53 Å². The summed E-state index contributed by atoms with van der Waals surface area (Å²) in [5.74, 6) is 0. The predicted molar refractivity (Wildman–Crippen MR) is 57.1 cm³/mol. The van der Waals surface area contributed by atoms with E-state index in [0.29, 0.717) is 0 Å². The molecule has 0 aliphatic heterocycles. The minimum Gasteiger partial charge on any atom is -0.231 e. The Balaban J connectivity index is 2.82. The fourth-order valence-corrected chi connectivity index (χ4v) is 2.49. The lowest BCUT2D eigenvalue weighted by Crippen LogP contribution is -1.75. The Morgan fingerprint density at radius 2 is 2.27 bits per heavy atom. The van der Waals surface area contributed by atoms with Gasteiger partial charge in [-0.25, -0.2) is 4.98 Å². The van der Waals surface area contributed by atoms with Crippen molar-refractivity contribution in [2.45, 2.75) is 6.92 Å². The number of nitrogens with zero attached hydrogens (tertiary/aromatic N) is 1. The molecule has 2 rings (SSSR count). The highest BCUT2D eigenvalue weighted by Gasteiger charge is 1.98. The summed E-state index contributed by atoms with van der Waals surface area (Å²) in [4.78, 5) is 6.88. The van der Waals surface area contributed by atoms with Crippen molar-refractivity contribution in [1.29, 1.82) is 0 Å². The number of hydrogen-bond donors (Lipinski definition) is 0. The van der Waals surface area contributed by atoms with Gasteiger partial charge in [0.15, 0.2) is 0 Å². The molecular weight excluding hydrogens is 269 g/mol. The summed E-state index contributed by atoms with van der Waals surface area (Å²) in [6.45, 7) is 2.11. The van der Waals surface area contributed by atoms with Crippen molar-refractivity contribution in [1.82, 2.24) is 4.98 Å². The molecule has 0 spiro atoms. The maximum absolute atomic E-state index is 4.40. The number of aryl methyl sites for hydroxylation is 1. The second-order valence-corrected chi connectivity index (χ2v) is 4.73. The molecule has 0 aromatic carbocycles. The zero-order valence-corrected chi connectivity index (χ0v) is 8.94. The monoisotopic (exact) mass is 275 g/mol. The van der Waals surface area contributed by atoms with Gasteiger partial charge in [-0.05, 0) is 47.7 Å². The highest BCUT2D eigenvalue weighted by molar-refractivity contribution is 14.1. The van der Waals surface area contributed by atoms with Crippen LogP contribution < -0.4 is 0 Å². The van der Waals surface area contributed by atoms with E-state index in [-0.39, 0.29) is 0 Å². The SMILES string of the molecule is Cc1cc2ccc(I)nc2s1. The first-order valence-electron chi connectivity index (χ1n) is 3.28. The molecule has 0 aliphatic carbocycles. The molecule has 0 atom stereocenters. The van der Waals surface area contributed by atoms with E-state index in [2.05, 4.69) is 46.6 Å². The number of fused-ring (bicyclic) bond motifs is 1. The molecular formula is C8H6INS. The molecule has 11 heavy (non-hydrogen) atoms. The Kier molecular flexibility index (Phi) is 1.85. The first-order chi connectivity index (χ1) is 5.25. The van der Waals surface area contributed by atoms with E-state index in [9.17, 15) is 0 Å². The number of rotatable bonds is 0. The van der Waals surface area contributed by atoms with E-state index in [1.807, 2.05) is 6.07 Å². The van der Waals surface area contributed by atoms with E-state index < -0.39 is 0 Å². The summed E-state index contributed by atoms with van der Waals surface area (Å²) in [5.41, 5.74) is 0. The van der Waals surface area contributed by atoms with Gasteiger partial charge in [-0.1, -0.05) is 0 Å². The van der Waals surface area contributed by atoms with Gasteiger partial charge in [-0.15, -0.1) is 11.3 Å². The Labute approximate surface area is 82.6 Å². The van der Waals surface area contributed by atoms with Gasteiger partial charge < -0.3 is 0 Å². The van der Waals surface area contributed by atoms with Crippen molar-refractivity contribution in [3.63, 3.8) is 0 Å². The summed E-state index contributed by atoms with van der Waals surface area (Å²) >= 11 is 3.98. The van der Waals surface area contributed by atoms with Crippen LogP contribution in [0.3, 0.4) is 0 Å². The standard InChI is InChI=1S/C8H6INS/c1-5-4-6-2-3-7(9)10-8(6)11-5/h2-4H,1H3. The third-order valence-corrected chi connectivity index (χ3v) is 3.03. The summed E-state index contributed by atoms with van der Waals surface area (Å²) < 4.78 is 1.07. The third kappa shape index (κ3) is 1.39. The zero-order chi connectivity index (χ0) is 7.84. The lowest BCUT2D eigenvalue weighted by atomic mass is 10.3. The topological polar surface area (TPSA) is 12.9 Å². The van der Waals surface area contributed by atoms with Gasteiger partial charge in [0.25, 0.3) is 0 Å². The van der Waals surface area contributed by atoms with Crippen LogP contribution in [-0.2, 0) is 0 Å². The first-order valence-corrected chi connectivity index (χ1v) is 5.18. The maximum Gasteiger partial charge on any atom is 0.124 e. The van der Waals surface area contributed by atoms with Crippen molar-refractivity contribution in [2.24, 2.45) is 0 Å². The predicted octanol–water partition coefficient (Wildman–Crippen LogP) is 3.21. The second kappa shape index (κ2) is 2.71. The summed E-state index contributed by atoms with van der Waals surface area (Å²) in [7, 11) is 0. The van der Waals surface area contributed by atoms with E-state index in [1.54, 1.807) is 11.3 Å². The molecule has 0 fully saturated rings. The van der Waals surface area contributed by atoms with Gasteiger partial charge in [-0.2, -0.15) is 0 Å². The molecule has 0 radical (unpaired) electrons. The molecule has 1 nitrogen and oxygen atoms in total. The van der Waals surface area contributed by atoms with Crippen LogP contribution in [0.4, 0.5) is 0 Å². The fraction of sp³-hybridized carbons (Fsp3) is 0.125. The van der Waals surface area contributed by atoms with Crippen molar-refractivity contribution >= 4 is 44.1 Å². The van der Waals surface area contributed by atoms with Crippen LogP contribution in [0.2, 0.25) is 0 Å². The normalized spacial score (nSPS) is 10.7. The molecule has 56 valence electrons. The molecule has 0 unspecified atom stereocenters. The van der Waals surface area contributed by atoms with Gasteiger partial charge in [-0.3, -0.25) is 0 Å². The number of thiophene rings is 1. The highest BCUT2D eigenvalue weighted by atomic mass is 127. The molecule has 2 aromatic rings. The Morgan fingerprint density at radius 3 is 3.09 bits per heavy atom. The molecule has 0 aliphatic rings. The molecule has 3 heteroatoms. The van der Waals surface area contributed by atoms with Gasteiger partial charge in [0, 0.05) is 10.3 Å². The number of hydrogen-bond acceptors (Lipinski definition) is 2. The first kappa shape index (κ1) is 7.49. The van der Waals surface area contributed by atoms with Crippen LogP contribution in [-0.4, -0.2) is 4.98 Å². The van der Waals surface area contributed by atoms with Crippen LogP contribution >= 0.6 is 33.9 Å². The van der Waals surface area contributed by atoms with Crippen LogP contribution in [0.15, 0.2) is 18.2 Å². The average molecular weight is 275 g/mol. The van der Waals surface area contributed by atoms with Crippen molar-refractivity contribution < 1.29 is 0 Å². The lowest BCUT2D eigenvalue weighted by molar-refractivity contribution is 1.37. The van der Waals surface area contributed by atoms with Crippen LogP contribution in [0.5, 0.6) is 0 Å². The van der Waals surface area contributed by atoms with Crippen molar-refractivity contribution in [2.75, 3.05) is 0 Å². The Hall–Kier alpha value is -0.160. The summed E-state index contributed by atoms with van der Waals surface area (Å²) in [6, 6.07) is 6.33. The van der Waals surface area contributed by atoms with Gasteiger partial charge >= 0.3 is 0 Å². The minimum atomic E-state index is 1.07. The average Bonchev–Trinajstić information content (AvgIpc) is 2.27. The number of pyridine rings is 1. The van der Waals surface area contributed by atoms with Crippen LogP contribution in [0.25, 0.3) is 10.2 Å². The fourth-order valence-electron chi connectivity index (χ4n) is 1.02. The number of halogens is 1. The van der Waals surface area contributed by atoms with E-state index >= 15 is 0 Å². The molecule has 0 saturated heterocycles. The summed E-state index contributed by atoms with van der Waals surface area (Å²) in [5, 5.41) is 1.26.